The number of hydrogen-bond acceptors (Lipinski definition) is 4. The molecule has 0 saturated heterocycles. The van der Waals surface area contributed by atoms with Gasteiger partial charge in [-0.3, -0.25) is 0 Å². The van der Waals surface area contributed by atoms with Crippen LogP contribution in [0.1, 0.15) is 32.4 Å². The van der Waals surface area contributed by atoms with E-state index < -0.39 is 0 Å². The third-order valence-corrected chi connectivity index (χ3v) is 7.20. The summed E-state index contributed by atoms with van der Waals surface area (Å²) in [5.74, 6) is 1.75. The van der Waals surface area contributed by atoms with Gasteiger partial charge in [0.15, 0.2) is 5.82 Å². The Bertz CT molecular complexity index is 611. The third kappa shape index (κ3) is 4.39. The van der Waals surface area contributed by atoms with Crippen LogP contribution in [0, 0.1) is 3.57 Å². The highest BCUT2D eigenvalue weighted by Crippen LogP contribution is 2.37. The molecule has 1 N–H and O–H groups in total. The number of nitrogens with one attached hydrogen (secondary N) is 1. The first-order valence-electron chi connectivity index (χ1n) is 6.82. The second-order valence-corrected chi connectivity index (χ2v) is 8.87. The van der Waals surface area contributed by atoms with E-state index in [9.17, 15) is 0 Å². The van der Waals surface area contributed by atoms with E-state index in [2.05, 4.69) is 79.7 Å². The van der Waals surface area contributed by atoms with Crippen molar-refractivity contribution in [1.29, 1.82) is 0 Å². The fourth-order valence-corrected chi connectivity index (χ4v) is 4.49. The maximum Gasteiger partial charge on any atom is 0.172 e. The summed E-state index contributed by atoms with van der Waals surface area (Å²) in [6.45, 7) is 5.26. The highest BCUT2D eigenvalue weighted by Gasteiger charge is 2.15. The zero-order valence-corrected chi connectivity index (χ0v) is 18.0. The van der Waals surface area contributed by atoms with Gasteiger partial charge in [0, 0.05) is 11.0 Å². The van der Waals surface area contributed by atoms with Crippen molar-refractivity contribution in [2.75, 3.05) is 11.9 Å². The number of nitrogens with zero attached hydrogens (tertiary/aromatic N) is 2. The Labute approximate surface area is 159 Å². The molecule has 2 rings (SSSR count). The summed E-state index contributed by atoms with van der Waals surface area (Å²) in [6.07, 6.45) is 3.13. The van der Waals surface area contributed by atoms with Crippen LogP contribution >= 0.6 is 65.8 Å². The number of aromatic nitrogens is 2. The summed E-state index contributed by atoms with van der Waals surface area (Å²) in [7, 11) is 0. The van der Waals surface area contributed by atoms with E-state index in [0.717, 1.165) is 59.8 Å². The predicted octanol–water partition coefficient (Wildman–Crippen LogP) is 6.11. The number of halogens is 3. The molecule has 0 bridgehead atoms. The number of aryl methyl sites for hydroxylation is 1. The summed E-state index contributed by atoms with van der Waals surface area (Å²) < 4.78 is 3.26. The van der Waals surface area contributed by atoms with Crippen LogP contribution in [0.5, 0.6) is 0 Å². The van der Waals surface area contributed by atoms with Gasteiger partial charge in [-0.2, -0.15) is 0 Å². The van der Waals surface area contributed by atoms with E-state index in [0.29, 0.717) is 0 Å². The first-order valence-corrected chi connectivity index (χ1v) is 10.3. The normalized spacial score (nSPS) is 10.9. The first kappa shape index (κ1) is 17.6. The van der Waals surface area contributed by atoms with Crippen molar-refractivity contribution < 1.29 is 0 Å². The Kier molecular flexibility index (Phi) is 6.89. The van der Waals surface area contributed by atoms with Crippen molar-refractivity contribution in [3.8, 4) is 10.7 Å². The number of anilines is 1. The van der Waals surface area contributed by atoms with Crippen molar-refractivity contribution in [2.24, 2.45) is 0 Å². The highest BCUT2D eigenvalue weighted by atomic mass is 127. The molecular formula is C14H16Br2IN3S. The van der Waals surface area contributed by atoms with Crippen molar-refractivity contribution in [3.05, 3.63) is 23.6 Å². The summed E-state index contributed by atoms with van der Waals surface area (Å²) in [5.41, 5.74) is 1.13. The topological polar surface area (TPSA) is 37.8 Å². The number of rotatable bonds is 6. The van der Waals surface area contributed by atoms with E-state index >= 15 is 0 Å². The molecule has 0 atom stereocenters. The molecule has 0 fully saturated rings. The summed E-state index contributed by atoms with van der Waals surface area (Å²) >= 11 is 11.1. The van der Waals surface area contributed by atoms with Crippen LogP contribution in [0.25, 0.3) is 10.7 Å². The lowest BCUT2D eigenvalue weighted by atomic mass is 10.2. The number of thiophene rings is 1. The fourth-order valence-electron chi connectivity index (χ4n) is 1.82. The number of hydrogen-bond donors (Lipinski definition) is 1. The maximum absolute atomic E-state index is 4.77. The summed E-state index contributed by atoms with van der Waals surface area (Å²) in [4.78, 5) is 10.6. The molecule has 2 heterocycles. The lowest BCUT2D eigenvalue weighted by molar-refractivity contribution is 0.864. The molecule has 3 nitrogen and oxygen atoms in total. The summed E-state index contributed by atoms with van der Waals surface area (Å²) in [5, 5.41) is 3.42. The van der Waals surface area contributed by atoms with Gasteiger partial charge in [-0.25, -0.2) is 9.97 Å². The van der Waals surface area contributed by atoms with Gasteiger partial charge in [-0.1, -0.05) is 20.3 Å². The SMILES string of the molecule is CCCNc1nc(-c2cc(Br)c(Br)s2)nc(CCC)c1I. The van der Waals surface area contributed by atoms with E-state index in [-0.39, 0.29) is 0 Å². The van der Waals surface area contributed by atoms with Gasteiger partial charge in [0.05, 0.1) is 17.9 Å². The Morgan fingerprint density at radius 1 is 1.24 bits per heavy atom. The van der Waals surface area contributed by atoms with Crippen LogP contribution in [-0.2, 0) is 6.42 Å². The van der Waals surface area contributed by atoms with Crippen LogP contribution in [0.2, 0.25) is 0 Å². The Morgan fingerprint density at radius 2 is 2.00 bits per heavy atom. The van der Waals surface area contributed by atoms with Crippen LogP contribution in [0.3, 0.4) is 0 Å². The van der Waals surface area contributed by atoms with Gasteiger partial charge >= 0.3 is 0 Å². The average molecular weight is 545 g/mol. The van der Waals surface area contributed by atoms with E-state index in [1.807, 2.05) is 0 Å². The minimum atomic E-state index is 0.800. The molecule has 0 radical (unpaired) electrons. The molecule has 0 aliphatic carbocycles. The Balaban J connectivity index is 2.47. The molecule has 2 aromatic heterocycles. The zero-order valence-electron chi connectivity index (χ0n) is 11.8. The molecule has 21 heavy (non-hydrogen) atoms. The molecule has 0 aliphatic heterocycles. The predicted molar refractivity (Wildman–Crippen MR) is 106 cm³/mol. The molecule has 2 aromatic rings. The minimum Gasteiger partial charge on any atom is -0.369 e. The van der Waals surface area contributed by atoms with Crippen molar-refractivity contribution in [3.63, 3.8) is 0 Å². The van der Waals surface area contributed by atoms with Gasteiger partial charge in [0.2, 0.25) is 0 Å². The Morgan fingerprint density at radius 3 is 2.57 bits per heavy atom. The first-order chi connectivity index (χ1) is 10.1. The molecule has 0 unspecified atom stereocenters. The van der Waals surface area contributed by atoms with Crippen molar-refractivity contribution >= 4 is 71.6 Å². The summed E-state index contributed by atoms with van der Waals surface area (Å²) in [6, 6.07) is 2.07. The molecule has 0 amide bonds. The Hall–Kier alpha value is 0.270. The lowest BCUT2D eigenvalue weighted by Crippen LogP contribution is -2.09. The molecule has 0 spiro atoms. The third-order valence-electron chi connectivity index (χ3n) is 2.81. The van der Waals surface area contributed by atoms with Crippen LogP contribution in [0.4, 0.5) is 5.82 Å². The van der Waals surface area contributed by atoms with Crippen LogP contribution in [-0.4, -0.2) is 16.5 Å². The average Bonchev–Trinajstić information content (AvgIpc) is 2.80. The minimum absolute atomic E-state index is 0.800. The van der Waals surface area contributed by atoms with Gasteiger partial charge in [0.1, 0.15) is 5.82 Å². The molecule has 0 saturated carbocycles. The smallest absolute Gasteiger partial charge is 0.172 e. The maximum atomic E-state index is 4.77. The molecule has 7 heteroatoms. The zero-order chi connectivity index (χ0) is 15.4. The van der Waals surface area contributed by atoms with Crippen molar-refractivity contribution in [2.45, 2.75) is 33.1 Å². The van der Waals surface area contributed by atoms with Crippen molar-refractivity contribution in [1.82, 2.24) is 9.97 Å². The van der Waals surface area contributed by atoms with Gasteiger partial charge < -0.3 is 5.32 Å². The van der Waals surface area contributed by atoms with Gasteiger partial charge in [-0.15, -0.1) is 11.3 Å². The largest absolute Gasteiger partial charge is 0.369 e. The highest BCUT2D eigenvalue weighted by molar-refractivity contribution is 14.1. The second-order valence-electron chi connectivity index (χ2n) is 4.57. The molecule has 0 aromatic carbocycles. The molecule has 0 aliphatic rings. The van der Waals surface area contributed by atoms with E-state index in [1.54, 1.807) is 11.3 Å². The fraction of sp³-hybridized carbons (Fsp3) is 0.429. The van der Waals surface area contributed by atoms with Gasteiger partial charge in [0.25, 0.3) is 0 Å². The molecule has 114 valence electrons. The monoisotopic (exact) mass is 543 g/mol. The quantitative estimate of drug-likeness (QED) is 0.446. The van der Waals surface area contributed by atoms with Crippen LogP contribution < -0.4 is 5.32 Å². The van der Waals surface area contributed by atoms with Gasteiger partial charge in [-0.05, 0) is 73.4 Å². The lowest BCUT2D eigenvalue weighted by Gasteiger charge is -2.11. The van der Waals surface area contributed by atoms with Crippen LogP contribution in [0.15, 0.2) is 14.3 Å². The molecular weight excluding hydrogens is 529 g/mol. The van der Waals surface area contributed by atoms with E-state index in [4.69, 9.17) is 9.97 Å². The standard InChI is InChI=1S/C14H16Br2IN3S/c1-3-5-9-11(17)14(18-6-4-2)20-13(19-9)10-7-8(15)12(16)21-10/h7H,3-6H2,1-2H3,(H,18,19,20). The van der Waals surface area contributed by atoms with E-state index in [1.165, 1.54) is 0 Å². The second kappa shape index (κ2) is 8.21.